The highest BCUT2D eigenvalue weighted by Crippen LogP contribution is 2.28. The molecule has 1 aromatic rings. The average molecular weight is 414 g/mol. The lowest BCUT2D eigenvalue weighted by atomic mass is 10.0. The molecule has 2 fully saturated rings. The van der Waals surface area contributed by atoms with E-state index in [1.54, 1.807) is 4.90 Å². The van der Waals surface area contributed by atoms with Crippen LogP contribution in [-0.4, -0.2) is 71.8 Å². The van der Waals surface area contributed by atoms with Gasteiger partial charge < -0.3 is 15.5 Å². The van der Waals surface area contributed by atoms with Crippen LogP contribution in [0.5, 0.6) is 0 Å². The Kier molecular flexibility index (Phi) is 5.90. The van der Waals surface area contributed by atoms with Gasteiger partial charge in [0.05, 0.1) is 0 Å². The summed E-state index contributed by atoms with van der Waals surface area (Å²) in [5, 5.41) is 9.38. The first-order valence-corrected chi connectivity index (χ1v) is 10.8. The Balaban J connectivity index is 1.38. The summed E-state index contributed by atoms with van der Waals surface area (Å²) in [7, 11) is 0. The molecule has 8 nitrogen and oxygen atoms in total. The highest BCUT2D eigenvalue weighted by atomic mass is 16.2. The highest BCUT2D eigenvalue weighted by Gasteiger charge is 2.39. The number of rotatable bonds is 6. The van der Waals surface area contributed by atoms with Gasteiger partial charge in [0.2, 0.25) is 11.8 Å². The van der Waals surface area contributed by atoms with E-state index < -0.39 is 6.04 Å². The van der Waals surface area contributed by atoms with Crippen molar-refractivity contribution in [1.29, 1.82) is 0 Å². The molecule has 2 saturated heterocycles. The monoisotopic (exact) mass is 413 g/mol. The Morgan fingerprint density at radius 1 is 1.17 bits per heavy atom. The second-order valence-electron chi connectivity index (χ2n) is 9.16. The van der Waals surface area contributed by atoms with Gasteiger partial charge in [-0.25, -0.2) is 0 Å². The van der Waals surface area contributed by atoms with E-state index in [1.165, 1.54) is 0 Å². The Hall–Kier alpha value is -2.29. The number of hydrogen-bond donors (Lipinski definition) is 3. The summed E-state index contributed by atoms with van der Waals surface area (Å²) in [6.07, 6.45) is 0.660. The Bertz CT molecular complexity index is 847. The Morgan fingerprint density at radius 2 is 1.93 bits per heavy atom. The fourth-order valence-electron chi connectivity index (χ4n) is 4.56. The van der Waals surface area contributed by atoms with Gasteiger partial charge in [0.15, 0.2) is 0 Å². The predicted octanol–water partition coefficient (Wildman–Crippen LogP) is 0.221. The molecule has 3 heterocycles. The van der Waals surface area contributed by atoms with Gasteiger partial charge in [-0.2, -0.15) is 0 Å². The number of nitrogens with zero attached hydrogens (tertiary/aromatic N) is 2. The van der Waals surface area contributed by atoms with Crippen LogP contribution in [0.2, 0.25) is 0 Å². The fourth-order valence-corrected chi connectivity index (χ4v) is 4.56. The van der Waals surface area contributed by atoms with Crippen molar-refractivity contribution in [3.8, 4) is 0 Å². The highest BCUT2D eigenvalue weighted by molar-refractivity contribution is 6.05. The van der Waals surface area contributed by atoms with Gasteiger partial charge in [0, 0.05) is 63.3 Å². The molecule has 0 saturated carbocycles. The molecule has 1 unspecified atom stereocenters. The summed E-state index contributed by atoms with van der Waals surface area (Å²) < 4.78 is 0. The van der Waals surface area contributed by atoms with Gasteiger partial charge >= 0.3 is 0 Å². The van der Waals surface area contributed by atoms with Crippen LogP contribution in [0, 0.1) is 0 Å². The van der Waals surface area contributed by atoms with Crippen molar-refractivity contribution < 1.29 is 14.4 Å². The molecule has 0 aliphatic carbocycles. The number of carbonyl (C=O) groups is 3. The summed E-state index contributed by atoms with van der Waals surface area (Å²) in [6, 6.07) is 5.34. The zero-order valence-corrected chi connectivity index (χ0v) is 17.8. The van der Waals surface area contributed by atoms with Gasteiger partial charge in [0.1, 0.15) is 6.04 Å². The molecule has 3 N–H and O–H groups in total. The maximum atomic E-state index is 12.8. The van der Waals surface area contributed by atoms with Crippen LogP contribution in [0.25, 0.3) is 0 Å². The third kappa shape index (κ3) is 4.55. The van der Waals surface area contributed by atoms with Crippen LogP contribution < -0.4 is 16.0 Å². The second kappa shape index (κ2) is 8.45. The minimum atomic E-state index is -0.567. The summed E-state index contributed by atoms with van der Waals surface area (Å²) >= 11 is 0. The minimum absolute atomic E-state index is 0.0229. The molecule has 0 radical (unpaired) electrons. The van der Waals surface area contributed by atoms with Gasteiger partial charge in [-0.3, -0.25) is 24.6 Å². The first-order valence-electron chi connectivity index (χ1n) is 10.8. The summed E-state index contributed by atoms with van der Waals surface area (Å²) in [6.45, 7) is 10.8. The van der Waals surface area contributed by atoms with Crippen molar-refractivity contribution in [2.24, 2.45) is 0 Å². The molecule has 0 spiro atoms. The standard InChI is InChI=1S/C22H31N5O3/c1-22(2,14-26-9-7-23-8-10-26)24-12-15-3-4-17-16(11-15)13-27(21(17)30)18-5-6-19(28)25-20(18)29/h3-4,11,18,23-24H,5-10,12-14H2,1-2H3,(H,25,28,29). The summed E-state index contributed by atoms with van der Waals surface area (Å²) in [4.78, 5) is 40.5. The predicted molar refractivity (Wildman–Crippen MR) is 113 cm³/mol. The Labute approximate surface area is 177 Å². The summed E-state index contributed by atoms with van der Waals surface area (Å²) in [5.74, 6) is -0.765. The third-order valence-corrected chi connectivity index (χ3v) is 6.19. The molecule has 3 aliphatic rings. The average Bonchev–Trinajstić information content (AvgIpc) is 3.03. The van der Waals surface area contributed by atoms with Crippen molar-refractivity contribution >= 4 is 17.7 Å². The zero-order valence-electron chi connectivity index (χ0n) is 17.8. The number of piperazine rings is 1. The molecule has 0 aromatic heterocycles. The molecule has 4 rings (SSSR count). The van der Waals surface area contributed by atoms with Crippen LogP contribution in [0.15, 0.2) is 18.2 Å². The van der Waals surface area contributed by atoms with Crippen molar-refractivity contribution in [3.63, 3.8) is 0 Å². The van der Waals surface area contributed by atoms with Gasteiger partial charge in [-0.05, 0) is 37.5 Å². The molecule has 1 atom stereocenters. The van der Waals surface area contributed by atoms with E-state index >= 15 is 0 Å². The molecular formula is C22H31N5O3. The lowest BCUT2D eigenvalue weighted by molar-refractivity contribution is -0.136. The molecule has 3 amide bonds. The number of imide groups is 1. The first kappa shape index (κ1) is 21.0. The maximum absolute atomic E-state index is 12.8. The summed E-state index contributed by atoms with van der Waals surface area (Å²) in [5.41, 5.74) is 2.71. The normalized spacial score (nSPS) is 22.9. The number of nitrogens with one attached hydrogen (secondary N) is 3. The smallest absolute Gasteiger partial charge is 0.255 e. The van der Waals surface area contributed by atoms with Crippen LogP contribution in [-0.2, 0) is 22.7 Å². The van der Waals surface area contributed by atoms with Crippen molar-refractivity contribution in [1.82, 2.24) is 25.8 Å². The van der Waals surface area contributed by atoms with E-state index in [4.69, 9.17) is 0 Å². The number of hydrogen-bond acceptors (Lipinski definition) is 6. The van der Waals surface area contributed by atoms with Gasteiger partial charge in [0.25, 0.3) is 5.91 Å². The molecule has 1 aromatic carbocycles. The second-order valence-corrected chi connectivity index (χ2v) is 9.16. The number of piperidine rings is 1. The van der Waals surface area contributed by atoms with Gasteiger partial charge in [-0.1, -0.05) is 12.1 Å². The maximum Gasteiger partial charge on any atom is 0.255 e. The van der Waals surface area contributed by atoms with E-state index in [-0.39, 0.29) is 29.7 Å². The minimum Gasteiger partial charge on any atom is -0.322 e. The molecule has 8 heteroatoms. The van der Waals surface area contributed by atoms with E-state index in [2.05, 4.69) is 40.8 Å². The van der Waals surface area contributed by atoms with Crippen LogP contribution in [0.1, 0.15) is 48.2 Å². The van der Waals surface area contributed by atoms with E-state index in [9.17, 15) is 14.4 Å². The van der Waals surface area contributed by atoms with Crippen molar-refractivity contribution in [2.75, 3.05) is 32.7 Å². The molecule has 0 bridgehead atoms. The van der Waals surface area contributed by atoms with Crippen molar-refractivity contribution in [3.05, 3.63) is 34.9 Å². The largest absolute Gasteiger partial charge is 0.322 e. The van der Waals surface area contributed by atoms with Crippen LogP contribution in [0.3, 0.4) is 0 Å². The quantitative estimate of drug-likeness (QED) is 0.578. The molecule has 3 aliphatic heterocycles. The lowest BCUT2D eigenvalue weighted by Gasteiger charge is -2.36. The van der Waals surface area contributed by atoms with E-state index in [1.807, 2.05) is 12.1 Å². The number of benzene rings is 1. The third-order valence-electron chi connectivity index (χ3n) is 6.19. The number of carbonyl (C=O) groups excluding carboxylic acids is 3. The van der Waals surface area contributed by atoms with Crippen LogP contribution >= 0.6 is 0 Å². The first-order chi connectivity index (χ1) is 14.3. The molecule has 162 valence electrons. The van der Waals surface area contributed by atoms with Crippen LogP contribution in [0.4, 0.5) is 0 Å². The fraction of sp³-hybridized carbons (Fsp3) is 0.591. The SMILES string of the molecule is CC(C)(CN1CCNCC1)NCc1ccc2c(c1)CN(C1CCC(=O)NC1=O)C2=O. The van der Waals surface area contributed by atoms with Gasteiger partial charge in [-0.15, -0.1) is 0 Å². The molecular weight excluding hydrogens is 382 g/mol. The number of amides is 3. The van der Waals surface area contributed by atoms with E-state index in [0.29, 0.717) is 18.5 Å². The zero-order chi connectivity index (χ0) is 21.3. The Morgan fingerprint density at radius 3 is 2.67 bits per heavy atom. The topological polar surface area (TPSA) is 93.8 Å². The number of fused-ring (bicyclic) bond motifs is 1. The van der Waals surface area contributed by atoms with E-state index in [0.717, 1.165) is 50.4 Å². The van der Waals surface area contributed by atoms with Crippen molar-refractivity contribution in [2.45, 2.75) is 51.4 Å². The lowest BCUT2D eigenvalue weighted by Crippen LogP contribution is -2.53. The molecule has 30 heavy (non-hydrogen) atoms.